The minimum absolute atomic E-state index is 0.159. The molecule has 0 aliphatic rings. The van der Waals surface area contributed by atoms with E-state index < -0.39 is 6.67 Å². The van der Waals surface area contributed by atoms with Crippen LogP contribution in [0.2, 0.25) is 0 Å². The van der Waals surface area contributed by atoms with Crippen molar-refractivity contribution in [3.8, 4) is 0 Å². The molecule has 0 unspecified atom stereocenters. The largest absolute Gasteiger partial charge is 0.374 e. The summed E-state index contributed by atoms with van der Waals surface area (Å²) in [5.74, 6) is 0.462. The molecular formula is C11H16FNO. The average molecular weight is 197 g/mol. The Balaban J connectivity index is 2.55. The van der Waals surface area contributed by atoms with Crippen molar-refractivity contribution in [1.29, 1.82) is 0 Å². The molecule has 0 amide bonds. The van der Waals surface area contributed by atoms with Crippen LogP contribution >= 0.6 is 0 Å². The molecule has 0 aliphatic heterocycles. The van der Waals surface area contributed by atoms with Gasteiger partial charge in [-0.2, -0.15) is 0 Å². The lowest BCUT2D eigenvalue weighted by molar-refractivity contribution is 0.106. The molecule has 0 fully saturated rings. The van der Waals surface area contributed by atoms with Crippen molar-refractivity contribution in [3.63, 3.8) is 0 Å². The molecule has 0 aliphatic carbocycles. The van der Waals surface area contributed by atoms with Crippen molar-refractivity contribution < 1.29 is 9.13 Å². The first-order valence-corrected chi connectivity index (χ1v) is 4.81. The third-order valence-electron chi connectivity index (χ3n) is 1.97. The first kappa shape index (κ1) is 11.1. The third kappa shape index (κ3) is 3.42. The zero-order valence-electron chi connectivity index (χ0n) is 8.66. The monoisotopic (exact) mass is 197 g/mol. The smallest absolute Gasteiger partial charge is 0.113 e. The average Bonchev–Trinajstić information content (AvgIpc) is 2.19. The highest BCUT2D eigenvalue weighted by molar-refractivity contribution is 5.20. The van der Waals surface area contributed by atoms with Gasteiger partial charge in [0.1, 0.15) is 6.67 Å². The molecule has 1 aromatic heterocycles. The Morgan fingerprint density at radius 2 is 2.21 bits per heavy atom. The Morgan fingerprint density at radius 1 is 1.43 bits per heavy atom. The van der Waals surface area contributed by atoms with Gasteiger partial charge >= 0.3 is 0 Å². The topological polar surface area (TPSA) is 22.1 Å². The maximum Gasteiger partial charge on any atom is 0.113 e. The van der Waals surface area contributed by atoms with Crippen LogP contribution in [-0.2, 0) is 11.3 Å². The number of hydrogen-bond donors (Lipinski definition) is 0. The lowest BCUT2D eigenvalue weighted by atomic mass is 10.0. The van der Waals surface area contributed by atoms with E-state index in [2.05, 4.69) is 24.9 Å². The molecule has 1 aromatic rings. The minimum Gasteiger partial charge on any atom is -0.374 e. The zero-order valence-corrected chi connectivity index (χ0v) is 8.66. The number of hydrogen-bond acceptors (Lipinski definition) is 2. The maximum atomic E-state index is 11.8. The lowest BCUT2D eigenvalue weighted by Crippen LogP contribution is -1.99. The van der Waals surface area contributed by atoms with Crippen molar-refractivity contribution in [1.82, 2.24) is 4.98 Å². The van der Waals surface area contributed by atoms with E-state index >= 15 is 0 Å². The summed E-state index contributed by atoms with van der Waals surface area (Å²) >= 11 is 0. The van der Waals surface area contributed by atoms with Gasteiger partial charge in [-0.05, 0) is 17.0 Å². The molecule has 0 radical (unpaired) electrons. The first-order chi connectivity index (χ1) is 6.74. The summed E-state index contributed by atoms with van der Waals surface area (Å²) in [6.07, 6.45) is 3.60. The highest BCUT2D eigenvalue weighted by atomic mass is 19.1. The number of halogens is 1. The summed E-state index contributed by atoms with van der Waals surface area (Å²) in [7, 11) is 0. The summed E-state index contributed by atoms with van der Waals surface area (Å²) in [5, 5.41) is 0. The van der Waals surface area contributed by atoms with Crippen LogP contribution in [0.1, 0.15) is 30.9 Å². The molecule has 0 saturated heterocycles. The number of pyridine rings is 1. The standard InChI is InChI=1S/C11H16FNO/c1-9(2)11-5-10(6-13-7-11)8-14-4-3-12/h5-7,9H,3-4,8H2,1-2H3. The molecule has 0 saturated carbocycles. The van der Waals surface area contributed by atoms with Gasteiger partial charge in [0.25, 0.3) is 0 Å². The highest BCUT2D eigenvalue weighted by Crippen LogP contribution is 2.14. The van der Waals surface area contributed by atoms with Crippen LogP contribution in [0.4, 0.5) is 4.39 Å². The highest BCUT2D eigenvalue weighted by Gasteiger charge is 2.01. The normalized spacial score (nSPS) is 10.9. The molecule has 0 N–H and O–H groups in total. The molecule has 3 heteroatoms. The van der Waals surface area contributed by atoms with Crippen molar-refractivity contribution >= 4 is 0 Å². The SMILES string of the molecule is CC(C)c1cncc(COCCF)c1. The van der Waals surface area contributed by atoms with Gasteiger partial charge in [0.15, 0.2) is 0 Å². The second kappa shape index (κ2) is 5.70. The van der Waals surface area contributed by atoms with E-state index in [0.29, 0.717) is 12.5 Å². The van der Waals surface area contributed by atoms with Crippen LogP contribution in [0, 0.1) is 0 Å². The minimum atomic E-state index is -0.433. The van der Waals surface area contributed by atoms with Gasteiger partial charge in [-0.25, -0.2) is 4.39 Å². The van der Waals surface area contributed by atoms with Crippen molar-refractivity contribution in [2.75, 3.05) is 13.3 Å². The molecule has 2 nitrogen and oxygen atoms in total. The Kier molecular flexibility index (Phi) is 4.53. The molecule has 0 bridgehead atoms. The van der Waals surface area contributed by atoms with E-state index in [1.807, 2.05) is 6.20 Å². The van der Waals surface area contributed by atoms with Gasteiger partial charge in [-0.3, -0.25) is 4.98 Å². The molecule has 0 aromatic carbocycles. The van der Waals surface area contributed by atoms with Crippen molar-refractivity contribution in [2.45, 2.75) is 26.4 Å². The fourth-order valence-corrected chi connectivity index (χ4v) is 1.15. The van der Waals surface area contributed by atoms with Gasteiger partial charge in [0.2, 0.25) is 0 Å². The summed E-state index contributed by atoms with van der Waals surface area (Å²) in [6.45, 7) is 4.40. The molecule has 0 spiro atoms. The van der Waals surface area contributed by atoms with E-state index in [9.17, 15) is 4.39 Å². The Bertz CT molecular complexity index is 276. The van der Waals surface area contributed by atoms with Crippen LogP contribution in [0.5, 0.6) is 0 Å². The number of rotatable bonds is 5. The van der Waals surface area contributed by atoms with Crippen LogP contribution in [0.15, 0.2) is 18.5 Å². The van der Waals surface area contributed by atoms with Crippen LogP contribution in [-0.4, -0.2) is 18.3 Å². The fraction of sp³-hybridized carbons (Fsp3) is 0.545. The van der Waals surface area contributed by atoms with E-state index in [1.54, 1.807) is 6.20 Å². The number of alkyl halides is 1. The second-order valence-corrected chi connectivity index (χ2v) is 3.52. The predicted molar refractivity (Wildman–Crippen MR) is 54.0 cm³/mol. The third-order valence-corrected chi connectivity index (χ3v) is 1.97. The van der Waals surface area contributed by atoms with Crippen molar-refractivity contribution in [2.24, 2.45) is 0 Å². The molecule has 14 heavy (non-hydrogen) atoms. The van der Waals surface area contributed by atoms with E-state index in [0.717, 1.165) is 5.56 Å². The van der Waals surface area contributed by atoms with Gasteiger partial charge in [0.05, 0.1) is 13.2 Å². The summed E-state index contributed by atoms with van der Waals surface area (Å²) in [6, 6.07) is 2.05. The van der Waals surface area contributed by atoms with Gasteiger partial charge in [-0.1, -0.05) is 19.9 Å². The summed E-state index contributed by atoms with van der Waals surface area (Å²) < 4.78 is 16.9. The van der Waals surface area contributed by atoms with Gasteiger partial charge < -0.3 is 4.74 Å². The Hall–Kier alpha value is -0.960. The predicted octanol–water partition coefficient (Wildman–Crippen LogP) is 2.69. The Morgan fingerprint density at radius 3 is 2.86 bits per heavy atom. The van der Waals surface area contributed by atoms with Crippen LogP contribution in [0.25, 0.3) is 0 Å². The van der Waals surface area contributed by atoms with Gasteiger partial charge in [0, 0.05) is 12.4 Å². The number of ether oxygens (including phenoxy) is 1. The molecule has 0 atom stereocenters. The number of aromatic nitrogens is 1. The zero-order chi connectivity index (χ0) is 10.4. The van der Waals surface area contributed by atoms with E-state index in [-0.39, 0.29) is 6.61 Å². The Labute approximate surface area is 84.1 Å². The van der Waals surface area contributed by atoms with Crippen LogP contribution < -0.4 is 0 Å². The van der Waals surface area contributed by atoms with Gasteiger partial charge in [-0.15, -0.1) is 0 Å². The van der Waals surface area contributed by atoms with Crippen LogP contribution in [0.3, 0.4) is 0 Å². The summed E-state index contributed by atoms with van der Waals surface area (Å²) in [5.41, 5.74) is 2.19. The number of nitrogens with zero attached hydrogens (tertiary/aromatic N) is 1. The molecule has 78 valence electrons. The van der Waals surface area contributed by atoms with Crippen molar-refractivity contribution in [3.05, 3.63) is 29.6 Å². The molecule has 1 heterocycles. The van der Waals surface area contributed by atoms with E-state index in [1.165, 1.54) is 5.56 Å². The summed E-state index contributed by atoms with van der Waals surface area (Å²) in [4.78, 5) is 4.11. The second-order valence-electron chi connectivity index (χ2n) is 3.52. The maximum absolute atomic E-state index is 11.8. The quantitative estimate of drug-likeness (QED) is 0.677. The van der Waals surface area contributed by atoms with E-state index in [4.69, 9.17) is 4.74 Å². The first-order valence-electron chi connectivity index (χ1n) is 4.81. The fourth-order valence-electron chi connectivity index (χ4n) is 1.15. The lowest BCUT2D eigenvalue weighted by Gasteiger charge is -2.07. The molecular weight excluding hydrogens is 181 g/mol. The molecule has 1 rings (SSSR count).